The van der Waals surface area contributed by atoms with Gasteiger partial charge in [0.1, 0.15) is 5.82 Å². The third-order valence-corrected chi connectivity index (χ3v) is 4.23. The molecular weight excluding hydrogens is 227 g/mol. The lowest BCUT2D eigenvalue weighted by atomic mass is 9.75. The molecule has 100 valence electrons. The molecule has 0 unspecified atom stereocenters. The molecule has 1 aromatic rings. The number of halogens is 1. The quantitative estimate of drug-likeness (QED) is 0.809. The molecule has 0 aromatic heterocycles. The van der Waals surface area contributed by atoms with Crippen LogP contribution < -0.4 is 10.6 Å². The van der Waals surface area contributed by atoms with Gasteiger partial charge in [0, 0.05) is 13.1 Å². The van der Waals surface area contributed by atoms with Gasteiger partial charge in [0.2, 0.25) is 0 Å². The summed E-state index contributed by atoms with van der Waals surface area (Å²) in [4.78, 5) is 2.15. The van der Waals surface area contributed by atoms with Crippen molar-refractivity contribution in [3.63, 3.8) is 0 Å². The second-order valence-electron chi connectivity index (χ2n) is 6.21. The van der Waals surface area contributed by atoms with Crippen LogP contribution >= 0.6 is 0 Å². The maximum Gasteiger partial charge on any atom is 0.125 e. The molecule has 1 aromatic carbocycles. The smallest absolute Gasteiger partial charge is 0.125 e. The molecule has 1 aliphatic carbocycles. The summed E-state index contributed by atoms with van der Waals surface area (Å²) in [6.07, 6.45) is 4.74. The number of nitrogen functional groups attached to an aromatic ring is 1. The van der Waals surface area contributed by atoms with E-state index < -0.39 is 0 Å². The Bertz CT molecular complexity index is 419. The van der Waals surface area contributed by atoms with E-state index in [-0.39, 0.29) is 5.82 Å². The van der Waals surface area contributed by atoms with Crippen LogP contribution in [0.2, 0.25) is 0 Å². The molecule has 1 fully saturated rings. The Morgan fingerprint density at radius 3 is 2.50 bits per heavy atom. The van der Waals surface area contributed by atoms with E-state index in [4.69, 9.17) is 5.73 Å². The Morgan fingerprint density at radius 1 is 1.28 bits per heavy atom. The minimum Gasteiger partial charge on any atom is -0.397 e. The lowest BCUT2D eigenvalue weighted by Crippen LogP contribution is -2.37. The number of nitrogens with zero attached hydrogens (tertiary/aromatic N) is 1. The highest BCUT2D eigenvalue weighted by atomic mass is 19.1. The summed E-state index contributed by atoms with van der Waals surface area (Å²) in [7, 11) is 2.02. The molecule has 0 aliphatic heterocycles. The minimum absolute atomic E-state index is 0.220. The molecule has 0 bridgehead atoms. The van der Waals surface area contributed by atoms with Crippen LogP contribution in [0, 0.1) is 11.2 Å². The summed E-state index contributed by atoms with van der Waals surface area (Å²) in [5, 5.41) is 0. The van der Waals surface area contributed by atoms with Crippen molar-refractivity contribution in [1.29, 1.82) is 0 Å². The van der Waals surface area contributed by atoms with Crippen LogP contribution in [0.3, 0.4) is 0 Å². The van der Waals surface area contributed by atoms with Crippen molar-refractivity contribution in [2.75, 3.05) is 17.7 Å². The predicted octanol–water partition coefficient (Wildman–Crippen LogP) is 3.81. The number of anilines is 2. The van der Waals surface area contributed by atoms with Crippen molar-refractivity contribution in [3.8, 4) is 0 Å². The molecule has 0 heterocycles. The average molecular weight is 250 g/mol. The van der Waals surface area contributed by atoms with Crippen molar-refractivity contribution < 1.29 is 4.39 Å². The molecule has 2 N–H and O–H groups in total. The zero-order valence-electron chi connectivity index (χ0n) is 11.5. The van der Waals surface area contributed by atoms with Gasteiger partial charge in [-0.2, -0.15) is 0 Å². The van der Waals surface area contributed by atoms with Crippen molar-refractivity contribution in [2.45, 2.75) is 45.6 Å². The van der Waals surface area contributed by atoms with E-state index in [0.29, 0.717) is 17.1 Å². The third kappa shape index (κ3) is 2.77. The van der Waals surface area contributed by atoms with Gasteiger partial charge in [-0.15, -0.1) is 0 Å². The SMILES string of the molecule is CN(c1cc(F)ccc1N)C1CCC(C)(C)CC1. The van der Waals surface area contributed by atoms with Crippen LogP contribution in [0.5, 0.6) is 0 Å². The zero-order chi connectivity index (χ0) is 13.3. The molecule has 0 saturated heterocycles. The summed E-state index contributed by atoms with van der Waals surface area (Å²) in [6.45, 7) is 4.64. The Balaban J connectivity index is 2.12. The summed E-state index contributed by atoms with van der Waals surface area (Å²) < 4.78 is 13.3. The van der Waals surface area contributed by atoms with Crippen molar-refractivity contribution in [2.24, 2.45) is 5.41 Å². The van der Waals surface area contributed by atoms with Gasteiger partial charge in [0.05, 0.1) is 11.4 Å². The van der Waals surface area contributed by atoms with Gasteiger partial charge in [-0.3, -0.25) is 0 Å². The van der Waals surface area contributed by atoms with E-state index in [0.717, 1.165) is 18.5 Å². The van der Waals surface area contributed by atoms with E-state index in [2.05, 4.69) is 18.7 Å². The lowest BCUT2D eigenvalue weighted by molar-refractivity contribution is 0.222. The first kappa shape index (κ1) is 13.2. The van der Waals surface area contributed by atoms with Crippen LogP contribution in [0.25, 0.3) is 0 Å². The summed E-state index contributed by atoms with van der Waals surface area (Å²) in [6, 6.07) is 5.07. The van der Waals surface area contributed by atoms with Crippen LogP contribution in [-0.2, 0) is 0 Å². The Hall–Kier alpha value is -1.25. The first-order valence-electron chi connectivity index (χ1n) is 6.67. The summed E-state index contributed by atoms with van der Waals surface area (Å²) in [5.74, 6) is -0.220. The van der Waals surface area contributed by atoms with Crippen molar-refractivity contribution in [1.82, 2.24) is 0 Å². The first-order valence-corrected chi connectivity index (χ1v) is 6.67. The molecule has 0 radical (unpaired) electrons. The Kier molecular flexibility index (Phi) is 3.51. The van der Waals surface area contributed by atoms with E-state index in [1.165, 1.54) is 25.0 Å². The number of nitrogens with two attached hydrogens (primary N) is 1. The number of hydrogen-bond donors (Lipinski definition) is 1. The largest absolute Gasteiger partial charge is 0.397 e. The lowest BCUT2D eigenvalue weighted by Gasteiger charge is -2.39. The molecule has 0 atom stereocenters. The van der Waals surface area contributed by atoms with Gasteiger partial charge >= 0.3 is 0 Å². The third-order valence-electron chi connectivity index (χ3n) is 4.23. The second-order valence-corrected chi connectivity index (χ2v) is 6.21. The Labute approximate surface area is 109 Å². The number of rotatable bonds is 2. The summed E-state index contributed by atoms with van der Waals surface area (Å²) in [5.41, 5.74) is 7.87. The van der Waals surface area contributed by atoms with Gasteiger partial charge in [0.15, 0.2) is 0 Å². The number of hydrogen-bond acceptors (Lipinski definition) is 2. The maximum atomic E-state index is 13.3. The van der Waals surface area contributed by atoms with Gasteiger partial charge in [-0.1, -0.05) is 13.8 Å². The van der Waals surface area contributed by atoms with E-state index in [1.807, 2.05) is 7.05 Å². The molecule has 0 spiro atoms. The van der Waals surface area contributed by atoms with Crippen LogP contribution in [0.15, 0.2) is 18.2 Å². The van der Waals surface area contributed by atoms with Crippen molar-refractivity contribution in [3.05, 3.63) is 24.0 Å². The van der Waals surface area contributed by atoms with E-state index in [1.54, 1.807) is 6.07 Å². The molecule has 2 nitrogen and oxygen atoms in total. The van der Waals surface area contributed by atoms with E-state index in [9.17, 15) is 4.39 Å². The van der Waals surface area contributed by atoms with Crippen LogP contribution in [-0.4, -0.2) is 13.1 Å². The van der Waals surface area contributed by atoms with Gasteiger partial charge < -0.3 is 10.6 Å². The topological polar surface area (TPSA) is 29.3 Å². The van der Waals surface area contributed by atoms with E-state index >= 15 is 0 Å². The van der Waals surface area contributed by atoms with Gasteiger partial charge in [-0.25, -0.2) is 4.39 Å². The fourth-order valence-corrected chi connectivity index (χ4v) is 2.79. The molecule has 1 aliphatic rings. The fourth-order valence-electron chi connectivity index (χ4n) is 2.79. The highest BCUT2D eigenvalue weighted by Crippen LogP contribution is 2.38. The molecule has 2 rings (SSSR count). The van der Waals surface area contributed by atoms with Gasteiger partial charge in [0.25, 0.3) is 0 Å². The van der Waals surface area contributed by atoms with Crippen LogP contribution in [0.4, 0.5) is 15.8 Å². The average Bonchev–Trinajstić information content (AvgIpc) is 2.31. The monoisotopic (exact) mass is 250 g/mol. The van der Waals surface area contributed by atoms with Crippen LogP contribution in [0.1, 0.15) is 39.5 Å². The minimum atomic E-state index is -0.220. The molecule has 3 heteroatoms. The molecule has 0 amide bonds. The molecule has 1 saturated carbocycles. The summed E-state index contributed by atoms with van der Waals surface area (Å²) >= 11 is 0. The van der Waals surface area contributed by atoms with Gasteiger partial charge in [-0.05, 0) is 49.3 Å². The van der Waals surface area contributed by atoms with Crippen molar-refractivity contribution >= 4 is 11.4 Å². The predicted molar refractivity (Wildman–Crippen MR) is 75.3 cm³/mol. The standard InChI is InChI=1S/C15H23FN2/c1-15(2)8-6-12(7-9-15)18(3)14-10-11(16)4-5-13(14)17/h4-5,10,12H,6-9,17H2,1-3H3. The number of benzene rings is 1. The fraction of sp³-hybridized carbons (Fsp3) is 0.600. The first-order chi connectivity index (χ1) is 8.39. The second kappa shape index (κ2) is 4.79. The molecule has 18 heavy (non-hydrogen) atoms. The highest BCUT2D eigenvalue weighted by Gasteiger charge is 2.29. The molecular formula is C15H23FN2. The zero-order valence-corrected chi connectivity index (χ0v) is 11.5. The highest BCUT2D eigenvalue weighted by molar-refractivity contribution is 5.67. The normalized spacial score (nSPS) is 19.8. The maximum absolute atomic E-state index is 13.3. The Morgan fingerprint density at radius 2 is 1.89 bits per heavy atom.